The molecule has 0 aliphatic heterocycles. The average molecular weight is 291 g/mol. The highest BCUT2D eigenvalue weighted by Crippen LogP contribution is 2.13. The molecule has 0 aliphatic carbocycles. The van der Waals surface area contributed by atoms with Crippen molar-refractivity contribution in [3.05, 3.63) is 35.9 Å². The van der Waals surface area contributed by atoms with Crippen molar-refractivity contribution in [1.29, 1.82) is 0 Å². The summed E-state index contributed by atoms with van der Waals surface area (Å²) in [6.07, 6.45) is 2.88. The summed E-state index contributed by atoms with van der Waals surface area (Å²) in [5, 5.41) is 2.71. The molecule has 0 heterocycles. The lowest BCUT2D eigenvalue weighted by molar-refractivity contribution is -0.144. The van der Waals surface area contributed by atoms with Crippen LogP contribution in [0.5, 0.6) is 5.75 Å². The molecule has 0 aliphatic rings. The summed E-state index contributed by atoms with van der Waals surface area (Å²) in [4.78, 5) is 23.0. The second-order valence-electron chi connectivity index (χ2n) is 5.52. The lowest BCUT2D eigenvalue weighted by atomic mass is 10.1. The van der Waals surface area contributed by atoms with Crippen molar-refractivity contribution in [2.75, 3.05) is 13.7 Å². The molecular weight excluding hydrogens is 270 g/mol. The van der Waals surface area contributed by atoms with E-state index in [9.17, 15) is 9.59 Å². The van der Waals surface area contributed by atoms with Crippen molar-refractivity contribution in [3.8, 4) is 5.75 Å². The van der Waals surface area contributed by atoms with Crippen LogP contribution >= 0.6 is 0 Å². The molecule has 0 saturated heterocycles. The van der Waals surface area contributed by atoms with Crippen LogP contribution in [-0.2, 0) is 14.3 Å². The number of amides is 1. The van der Waals surface area contributed by atoms with Crippen LogP contribution in [0.2, 0.25) is 0 Å². The first-order valence-electron chi connectivity index (χ1n) is 6.60. The van der Waals surface area contributed by atoms with E-state index in [0.717, 1.165) is 5.56 Å². The van der Waals surface area contributed by atoms with Crippen LogP contribution in [0.1, 0.15) is 26.3 Å². The zero-order valence-corrected chi connectivity index (χ0v) is 12.8. The first kappa shape index (κ1) is 16.8. The summed E-state index contributed by atoms with van der Waals surface area (Å²) in [7, 11) is 1.57. The lowest BCUT2D eigenvalue weighted by Gasteiger charge is -2.20. The molecule has 21 heavy (non-hydrogen) atoms. The minimum atomic E-state index is -0.568. The average Bonchev–Trinajstić information content (AvgIpc) is 2.41. The number of benzene rings is 1. The van der Waals surface area contributed by atoms with Crippen LogP contribution in [0.3, 0.4) is 0 Å². The molecule has 0 aromatic heterocycles. The molecule has 0 saturated carbocycles. The molecule has 0 spiro atoms. The summed E-state index contributed by atoms with van der Waals surface area (Å²) >= 11 is 0. The maximum absolute atomic E-state index is 11.5. The third-order valence-electron chi connectivity index (χ3n) is 2.37. The number of esters is 1. The molecule has 0 bridgehead atoms. The Balaban J connectivity index is 2.46. The van der Waals surface area contributed by atoms with Crippen molar-refractivity contribution < 1.29 is 19.1 Å². The Labute approximate surface area is 124 Å². The Bertz CT molecular complexity index is 529. The van der Waals surface area contributed by atoms with Crippen LogP contribution in [0, 0.1) is 0 Å². The second kappa shape index (κ2) is 7.47. The highest BCUT2D eigenvalue weighted by molar-refractivity contribution is 5.89. The van der Waals surface area contributed by atoms with Gasteiger partial charge in [-0.1, -0.05) is 12.1 Å². The number of hydrogen-bond acceptors (Lipinski definition) is 4. The largest absolute Gasteiger partial charge is 0.497 e. The Morgan fingerprint density at radius 1 is 1.29 bits per heavy atom. The summed E-state index contributed by atoms with van der Waals surface area (Å²) in [5.74, 6) is -0.192. The Morgan fingerprint density at radius 2 is 2.00 bits per heavy atom. The van der Waals surface area contributed by atoms with E-state index in [0.29, 0.717) is 5.75 Å². The number of nitrogens with one attached hydrogen (secondary N) is 1. The molecule has 1 rings (SSSR count). The van der Waals surface area contributed by atoms with Crippen LogP contribution in [0.25, 0.3) is 6.08 Å². The molecule has 5 heteroatoms. The standard InChI is InChI=1S/C16H21NO4/c1-16(2,3)17-14(18)11-21-15(19)9-8-12-6-5-7-13(10-12)20-4/h5-10H,11H2,1-4H3,(H,17,18). The van der Waals surface area contributed by atoms with Gasteiger partial charge in [-0.15, -0.1) is 0 Å². The fraction of sp³-hybridized carbons (Fsp3) is 0.375. The van der Waals surface area contributed by atoms with E-state index in [2.05, 4.69) is 5.32 Å². The topological polar surface area (TPSA) is 64.6 Å². The minimum absolute atomic E-state index is 0.293. The van der Waals surface area contributed by atoms with Crippen LogP contribution in [-0.4, -0.2) is 31.1 Å². The predicted octanol–water partition coefficient (Wildman–Crippen LogP) is 2.17. The van der Waals surface area contributed by atoms with Crippen molar-refractivity contribution in [2.45, 2.75) is 26.3 Å². The maximum Gasteiger partial charge on any atom is 0.331 e. The predicted molar refractivity (Wildman–Crippen MR) is 80.9 cm³/mol. The van der Waals surface area contributed by atoms with E-state index < -0.39 is 5.97 Å². The van der Waals surface area contributed by atoms with Gasteiger partial charge in [0, 0.05) is 11.6 Å². The van der Waals surface area contributed by atoms with E-state index >= 15 is 0 Å². The molecule has 5 nitrogen and oxygen atoms in total. The third kappa shape index (κ3) is 7.15. The first-order chi connectivity index (χ1) is 9.80. The molecule has 0 fully saturated rings. The van der Waals surface area contributed by atoms with Crippen LogP contribution in [0.15, 0.2) is 30.3 Å². The molecule has 0 atom stereocenters. The minimum Gasteiger partial charge on any atom is -0.497 e. The van der Waals surface area contributed by atoms with Gasteiger partial charge in [-0.25, -0.2) is 4.79 Å². The van der Waals surface area contributed by atoms with Gasteiger partial charge in [-0.3, -0.25) is 4.79 Å². The van der Waals surface area contributed by atoms with Gasteiger partial charge in [0.05, 0.1) is 7.11 Å². The van der Waals surface area contributed by atoms with E-state index in [4.69, 9.17) is 9.47 Å². The number of carbonyl (C=O) groups is 2. The fourth-order valence-corrected chi connectivity index (χ4v) is 1.55. The zero-order chi connectivity index (χ0) is 15.9. The van der Waals surface area contributed by atoms with E-state index in [-0.39, 0.29) is 18.1 Å². The second-order valence-corrected chi connectivity index (χ2v) is 5.52. The maximum atomic E-state index is 11.5. The van der Waals surface area contributed by atoms with Crippen LogP contribution in [0.4, 0.5) is 0 Å². The van der Waals surface area contributed by atoms with Gasteiger partial charge >= 0.3 is 5.97 Å². The van der Waals surface area contributed by atoms with Gasteiger partial charge < -0.3 is 14.8 Å². The molecule has 1 N–H and O–H groups in total. The summed E-state index contributed by atoms with van der Waals surface area (Å²) in [5.41, 5.74) is 0.463. The molecular formula is C16H21NO4. The monoisotopic (exact) mass is 291 g/mol. The van der Waals surface area contributed by atoms with Gasteiger partial charge in [-0.2, -0.15) is 0 Å². The third-order valence-corrected chi connectivity index (χ3v) is 2.37. The smallest absolute Gasteiger partial charge is 0.331 e. The molecule has 1 aromatic rings. The summed E-state index contributed by atoms with van der Waals surface area (Å²) in [6.45, 7) is 5.28. The molecule has 1 amide bonds. The summed E-state index contributed by atoms with van der Waals surface area (Å²) in [6, 6.07) is 7.25. The number of hydrogen-bond donors (Lipinski definition) is 1. The number of ether oxygens (including phenoxy) is 2. The van der Waals surface area contributed by atoms with Crippen LogP contribution < -0.4 is 10.1 Å². The Morgan fingerprint density at radius 3 is 2.62 bits per heavy atom. The van der Waals surface area contributed by atoms with E-state index in [1.807, 2.05) is 39.0 Å². The molecule has 1 aromatic carbocycles. The SMILES string of the molecule is COc1cccc(C=CC(=O)OCC(=O)NC(C)(C)C)c1. The Hall–Kier alpha value is -2.30. The van der Waals surface area contributed by atoms with Crippen molar-refractivity contribution >= 4 is 18.0 Å². The number of carbonyl (C=O) groups excluding carboxylic acids is 2. The van der Waals surface area contributed by atoms with Crippen molar-refractivity contribution in [1.82, 2.24) is 5.32 Å². The van der Waals surface area contributed by atoms with E-state index in [1.165, 1.54) is 6.08 Å². The van der Waals surface area contributed by atoms with Gasteiger partial charge in [0.1, 0.15) is 5.75 Å². The quantitative estimate of drug-likeness (QED) is 0.667. The zero-order valence-electron chi connectivity index (χ0n) is 12.8. The summed E-state index contributed by atoms with van der Waals surface area (Å²) < 4.78 is 9.94. The Kier molecular flexibility index (Phi) is 5.96. The van der Waals surface area contributed by atoms with E-state index in [1.54, 1.807) is 19.3 Å². The highest BCUT2D eigenvalue weighted by Gasteiger charge is 2.14. The normalized spacial score (nSPS) is 11.2. The van der Waals surface area contributed by atoms with Crippen molar-refractivity contribution in [2.24, 2.45) is 0 Å². The van der Waals surface area contributed by atoms with Gasteiger partial charge in [-0.05, 0) is 44.5 Å². The number of methoxy groups -OCH3 is 1. The number of rotatable bonds is 5. The van der Waals surface area contributed by atoms with Gasteiger partial charge in [0.25, 0.3) is 5.91 Å². The van der Waals surface area contributed by atoms with Gasteiger partial charge in [0.15, 0.2) is 6.61 Å². The van der Waals surface area contributed by atoms with Gasteiger partial charge in [0.2, 0.25) is 0 Å². The van der Waals surface area contributed by atoms with Crippen molar-refractivity contribution in [3.63, 3.8) is 0 Å². The molecule has 114 valence electrons. The fourth-order valence-electron chi connectivity index (χ4n) is 1.55. The lowest BCUT2D eigenvalue weighted by Crippen LogP contribution is -2.42. The molecule has 0 radical (unpaired) electrons. The first-order valence-corrected chi connectivity index (χ1v) is 6.60. The highest BCUT2D eigenvalue weighted by atomic mass is 16.5. The molecule has 0 unspecified atom stereocenters.